The fraction of sp³-hybridized carbons (Fsp3) is 0.529. The molecule has 0 saturated heterocycles. The van der Waals surface area contributed by atoms with E-state index in [1.165, 1.54) is 0 Å². The lowest BCUT2D eigenvalue weighted by Crippen LogP contribution is -2.40. The van der Waals surface area contributed by atoms with Crippen LogP contribution in [-0.4, -0.2) is 42.6 Å². The molecule has 0 aliphatic carbocycles. The number of carbonyl (C=O) groups excluding carboxylic acids is 2. The molecule has 5 nitrogen and oxygen atoms in total. The number of hydrogen-bond donors (Lipinski definition) is 0. The monoisotopic (exact) mass is 305 g/mol. The molecule has 22 heavy (non-hydrogen) atoms. The van der Waals surface area contributed by atoms with Gasteiger partial charge in [0.25, 0.3) is 5.91 Å². The molecule has 0 N–H and O–H groups in total. The van der Waals surface area contributed by atoms with Gasteiger partial charge in [0.1, 0.15) is 6.04 Å². The van der Waals surface area contributed by atoms with Crippen LogP contribution in [0.5, 0.6) is 0 Å². The molecule has 1 atom stereocenters. The van der Waals surface area contributed by atoms with Crippen LogP contribution in [0.1, 0.15) is 49.2 Å². The number of rotatable bonds is 8. The van der Waals surface area contributed by atoms with Crippen LogP contribution in [-0.2, 0) is 14.3 Å². The lowest BCUT2D eigenvalue weighted by Gasteiger charge is -2.28. The van der Waals surface area contributed by atoms with E-state index < -0.39 is 12.3 Å². The molecule has 0 aromatic heterocycles. The number of Topliss-reactive ketones (excluding diaryl/α,β-unsaturated/α-hetero) is 1. The van der Waals surface area contributed by atoms with E-state index in [1.807, 2.05) is 39.0 Å². The van der Waals surface area contributed by atoms with Crippen LogP contribution in [0.25, 0.3) is 0 Å². The number of amides is 1. The topological polar surface area (TPSA) is 55.8 Å². The molecule has 0 fully saturated rings. The van der Waals surface area contributed by atoms with E-state index in [-0.39, 0.29) is 18.2 Å². The number of nitrogens with zero attached hydrogens (tertiary/aromatic N) is 1. The summed E-state index contributed by atoms with van der Waals surface area (Å²) >= 11 is 0. The predicted octanol–water partition coefficient (Wildman–Crippen LogP) is 2.56. The maximum absolute atomic E-state index is 12.6. The largest absolute Gasteiger partial charge is 0.351 e. The zero-order valence-corrected chi connectivity index (χ0v) is 13.4. The van der Waals surface area contributed by atoms with Crippen molar-refractivity contribution in [1.82, 2.24) is 4.90 Å². The summed E-state index contributed by atoms with van der Waals surface area (Å²) in [5.74, 6) is -0.100. The van der Waals surface area contributed by atoms with Gasteiger partial charge in [-0.2, -0.15) is 0 Å². The second-order valence-corrected chi connectivity index (χ2v) is 5.11. The molecule has 0 radical (unpaired) electrons. The molecule has 0 spiro atoms. The summed E-state index contributed by atoms with van der Waals surface area (Å²) in [4.78, 5) is 26.6. The quantitative estimate of drug-likeness (QED) is 0.693. The van der Waals surface area contributed by atoms with E-state index in [1.54, 1.807) is 11.0 Å². The average Bonchev–Trinajstić information content (AvgIpc) is 2.80. The first-order valence-corrected chi connectivity index (χ1v) is 7.79. The summed E-state index contributed by atoms with van der Waals surface area (Å²) in [5, 5.41) is 0. The third-order valence-electron chi connectivity index (χ3n) is 3.76. The molecule has 1 aromatic carbocycles. The maximum Gasteiger partial charge on any atom is 0.255 e. The highest BCUT2D eigenvalue weighted by Gasteiger charge is 2.41. The fourth-order valence-electron chi connectivity index (χ4n) is 2.78. The van der Waals surface area contributed by atoms with Crippen molar-refractivity contribution >= 4 is 11.7 Å². The highest BCUT2D eigenvalue weighted by molar-refractivity contribution is 6.05. The molecule has 1 unspecified atom stereocenters. The molecule has 1 aliphatic rings. The van der Waals surface area contributed by atoms with Gasteiger partial charge >= 0.3 is 0 Å². The number of benzene rings is 1. The van der Waals surface area contributed by atoms with Gasteiger partial charge in [0, 0.05) is 25.2 Å². The lowest BCUT2D eigenvalue weighted by molar-refractivity contribution is -0.148. The molecule has 0 bridgehead atoms. The zero-order chi connectivity index (χ0) is 16.1. The van der Waals surface area contributed by atoms with E-state index in [9.17, 15) is 9.59 Å². The van der Waals surface area contributed by atoms with Crippen molar-refractivity contribution in [3.63, 3.8) is 0 Å². The number of ether oxygens (including phenoxy) is 2. The molecule has 120 valence electrons. The van der Waals surface area contributed by atoms with Crippen LogP contribution in [0.4, 0.5) is 0 Å². The Labute approximate surface area is 131 Å². The molecule has 0 saturated carbocycles. The molecule has 2 rings (SSSR count). The van der Waals surface area contributed by atoms with Gasteiger partial charge < -0.3 is 14.4 Å². The normalized spacial score (nSPS) is 17.2. The standard InChI is InChI=1S/C17H23NO4/c1-4-14(19)16-12-9-7-8-10-13(12)17(20)18(16)11-15(21-5-2)22-6-3/h7-10,15-16H,4-6,11H2,1-3H3. The first-order chi connectivity index (χ1) is 10.6. The van der Waals surface area contributed by atoms with Gasteiger partial charge in [-0.25, -0.2) is 0 Å². The van der Waals surface area contributed by atoms with Crippen LogP contribution >= 0.6 is 0 Å². The number of carbonyl (C=O) groups is 2. The first-order valence-electron chi connectivity index (χ1n) is 7.79. The number of hydrogen-bond acceptors (Lipinski definition) is 4. The third-order valence-corrected chi connectivity index (χ3v) is 3.76. The zero-order valence-electron chi connectivity index (χ0n) is 13.4. The Morgan fingerprint density at radius 3 is 2.41 bits per heavy atom. The van der Waals surface area contributed by atoms with Gasteiger partial charge in [0.15, 0.2) is 12.1 Å². The maximum atomic E-state index is 12.6. The van der Waals surface area contributed by atoms with Gasteiger partial charge in [0.05, 0.1) is 6.54 Å². The summed E-state index contributed by atoms with van der Waals surface area (Å²) in [5.41, 5.74) is 1.38. The van der Waals surface area contributed by atoms with Crippen LogP contribution in [0.15, 0.2) is 24.3 Å². The second-order valence-electron chi connectivity index (χ2n) is 5.11. The van der Waals surface area contributed by atoms with Crippen molar-refractivity contribution in [2.24, 2.45) is 0 Å². The highest BCUT2D eigenvalue weighted by Crippen LogP contribution is 2.35. The number of fused-ring (bicyclic) bond motifs is 1. The van der Waals surface area contributed by atoms with Crippen LogP contribution in [0.3, 0.4) is 0 Å². The molecule has 5 heteroatoms. The van der Waals surface area contributed by atoms with E-state index >= 15 is 0 Å². The molecule has 1 aromatic rings. The Kier molecular flexibility index (Phi) is 5.69. The fourth-order valence-corrected chi connectivity index (χ4v) is 2.78. The van der Waals surface area contributed by atoms with E-state index in [4.69, 9.17) is 9.47 Å². The van der Waals surface area contributed by atoms with Crippen molar-refractivity contribution in [1.29, 1.82) is 0 Å². The van der Waals surface area contributed by atoms with Crippen molar-refractivity contribution in [2.75, 3.05) is 19.8 Å². The summed E-state index contributed by atoms with van der Waals surface area (Å²) in [6, 6.07) is 6.76. The molecule has 1 amide bonds. The summed E-state index contributed by atoms with van der Waals surface area (Å²) < 4.78 is 11.1. The lowest BCUT2D eigenvalue weighted by atomic mass is 10.00. The number of ketones is 1. The van der Waals surface area contributed by atoms with E-state index in [0.717, 1.165) is 5.56 Å². The van der Waals surface area contributed by atoms with E-state index in [0.29, 0.717) is 25.2 Å². The van der Waals surface area contributed by atoms with E-state index in [2.05, 4.69) is 0 Å². The third kappa shape index (κ3) is 3.20. The summed E-state index contributed by atoms with van der Waals surface area (Å²) in [6.07, 6.45) is -0.128. The van der Waals surface area contributed by atoms with Gasteiger partial charge in [-0.1, -0.05) is 25.1 Å². The SMILES string of the molecule is CCOC(CN1C(=O)c2ccccc2C1C(=O)CC)OCC. The van der Waals surface area contributed by atoms with Gasteiger partial charge in [-0.3, -0.25) is 9.59 Å². The van der Waals surface area contributed by atoms with Gasteiger partial charge in [-0.15, -0.1) is 0 Å². The highest BCUT2D eigenvalue weighted by atomic mass is 16.7. The Balaban J connectivity index is 2.29. The first kappa shape index (κ1) is 16.6. The predicted molar refractivity (Wildman–Crippen MR) is 82.6 cm³/mol. The van der Waals surface area contributed by atoms with Crippen molar-refractivity contribution in [2.45, 2.75) is 39.5 Å². The second kappa shape index (κ2) is 7.51. The van der Waals surface area contributed by atoms with Crippen LogP contribution in [0.2, 0.25) is 0 Å². The van der Waals surface area contributed by atoms with Gasteiger partial charge in [0.2, 0.25) is 0 Å². The molecule has 1 heterocycles. The Morgan fingerprint density at radius 2 is 1.82 bits per heavy atom. The minimum Gasteiger partial charge on any atom is -0.351 e. The summed E-state index contributed by atoms with van der Waals surface area (Å²) in [6.45, 7) is 6.81. The van der Waals surface area contributed by atoms with Crippen molar-refractivity contribution in [3.8, 4) is 0 Å². The summed E-state index contributed by atoms with van der Waals surface area (Å²) in [7, 11) is 0. The Morgan fingerprint density at radius 1 is 1.18 bits per heavy atom. The Bertz CT molecular complexity index is 537. The minimum atomic E-state index is -0.530. The van der Waals surface area contributed by atoms with Crippen LogP contribution in [0, 0.1) is 0 Å². The van der Waals surface area contributed by atoms with Gasteiger partial charge in [-0.05, 0) is 25.5 Å². The molecular weight excluding hydrogens is 282 g/mol. The van der Waals surface area contributed by atoms with Crippen LogP contribution < -0.4 is 0 Å². The Hall–Kier alpha value is -1.72. The van der Waals surface area contributed by atoms with Crippen molar-refractivity contribution < 1.29 is 19.1 Å². The smallest absolute Gasteiger partial charge is 0.255 e. The average molecular weight is 305 g/mol. The minimum absolute atomic E-state index is 0.0325. The molecule has 1 aliphatic heterocycles. The van der Waals surface area contributed by atoms with Crippen molar-refractivity contribution in [3.05, 3.63) is 35.4 Å². The molecular formula is C17H23NO4.